The van der Waals surface area contributed by atoms with Crippen LogP contribution in [0.5, 0.6) is 0 Å². The van der Waals surface area contributed by atoms with Crippen LogP contribution in [0.15, 0.2) is 67.1 Å². The first-order chi connectivity index (χ1) is 15.2. The normalized spacial score (nSPS) is 11.5. The second kappa shape index (κ2) is 6.63. The summed E-state index contributed by atoms with van der Waals surface area (Å²) in [5, 5.41) is 9.84. The van der Waals surface area contributed by atoms with Crippen molar-refractivity contribution in [2.75, 3.05) is 0 Å². The van der Waals surface area contributed by atoms with Crippen LogP contribution in [0.4, 0.5) is 0 Å². The monoisotopic (exact) mass is 405 g/mol. The number of aromatic amines is 2. The maximum Gasteiger partial charge on any atom is 0.116 e. The third-order valence-corrected chi connectivity index (χ3v) is 5.79. The minimum absolute atomic E-state index is 0.847. The van der Waals surface area contributed by atoms with E-state index in [1.807, 2.05) is 44.4 Å². The molecule has 0 bridgehead atoms. The molecule has 7 heteroatoms. The van der Waals surface area contributed by atoms with E-state index in [2.05, 4.69) is 59.0 Å². The van der Waals surface area contributed by atoms with Crippen LogP contribution in [0.25, 0.3) is 55.8 Å². The zero-order valence-corrected chi connectivity index (χ0v) is 17.1. The van der Waals surface area contributed by atoms with Gasteiger partial charge in [-0.2, -0.15) is 5.10 Å². The molecule has 0 aliphatic rings. The largest absolute Gasteiger partial charge is 0.353 e. The maximum absolute atomic E-state index is 4.61. The smallest absolute Gasteiger partial charge is 0.116 e. The van der Waals surface area contributed by atoms with Gasteiger partial charge in [0.25, 0.3) is 0 Å². The van der Waals surface area contributed by atoms with Crippen LogP contribution in [0.3, 0.4) is 0 Å². The molecule has 31 heavy (non-hydrogen) atoms. The molecule has 150 valence electrons. The van der Waals surface area contributed by atoms with Crippen LogP contribution in [-0.2, 0) is 7.05 Å². The Morgan fingerprint density at radius 3 is 2.55 bits per heavy atom. The molecule has 0 aliphatic carbocycles. The molecule has 5 aromatic heterocycles. The van der Waals surface area contributed by atoms with Gasteiger partial charge in [-0.05, 0) is 43.3 Å². The Kier molecular flexibility index (Phi) is 3.76. The van der Waals surface area contributed by atoms with E-state index in [-0.39, 0.29) is 0 Å². The molecule has 0 atom stereocenters. The van der Waals surface area contributed by atoms with Gasteiger partial charge >= 0.3 is 0 Å². The topological polar surface area (TPSA) is 88.1 Å². The van der Waals surface area contributed by atoms with E-state index in [0.29, 0.717) is 0 Å². The minimum atomic E-state index is 0.847. The Balaban J connectivity index is 1.52. The highest BCUT2D eigenvalue weighted by atomic mass is 15.1. The zero-order chi connectivity index (χ0) is 20.9. The van der Waals surface area contributed by atoms with Gasteiger partial charge in [0.15, 0.2) is 0 Å². The van der Waals surface area contributed by atoms with E-state index in [4.69, 9.17) is 0 Å². The number of aryl methyl sites for hydroxylation is 1. The van der Waals surface area contributed by atoms with Gasteiger partial charge in [-0.3, -0.25) is 15.1 Å². The van der Waals surface area contributed by atoms with Gasteiger partial charge in [0.1, 0.15) is 11.5 Å². The fourth-order valence-corrected chi connectivity index (χ4v) is 4.04. The molecular weight excluding hydrogens is 386 g/mol. The molecule has 7 nitrogen and oxygen atoms in total. The average Bonchev–Trinajstić information content (AvgIpc) is 3.50. The molecule has 0 saturated carbocycles. The van der Waals surface area contributed by atoms with Crippen LogP contribution in [-0.4, -0.2) is 34.7 Å². The number of pyridine rings is 2. The van der Waals surface area contributed by atoms with Crippen molar-refractivity contribution in [2.45, 2.75) is 6.92 Å². The quantitative estimate of drug-likeness (QED) is 0.439. The lowest BCUT2D eigenvalue weighted by Gasteiger charge is -2.04. The molecule has 2 N–H and O–H groups in total. The number of aromatic nitrogens is 7. The van der Waals surface area contributed by atoms with E-state index in [9.17, 15) is 0 Å². The van der Waals surface area contributed by atoms with Crippen molar-refractivity contribution in [3.63, 3.8) is 0 Å². The Labute approximate surface area is 177 Å². The van der Waals surface area contributed by atoms with Crippen molar-refractivity contribution >= 4 is 21.8 Å². The van der Waals surface area contributed by atoms with E-state index in [1.54, 1.807) is 12.4 Å². The standard InChI is InChI=1S/C24H19N7/c1-14-27-13-22(31(14)2)15-6-7-19-16(11-15)24(30-29-19)21-12-17-18(28-21)8-10-26-23(17)20-5-3-4-9-25-20/h3-13,28H,1-2H3,(H,29,30). The van der Waals surface area contributed by atoms with Gasteiger partial charge < -0.3 is 9.55 Å². The molecule has 0 fully saturated rings. The average molecular weight is 405 g/mol. The second-order valence-corrected chi connectivity index (χ2v) is 7.60. The molecule has 0 radical (unpaired) electrons. The number of benzene rings is 1. The van der Waals surface area contributed by atoms with Crippen molar-refractivity contribution in [3.05, 3.63) is 72.9 Å². The molecule has 0 unspecified atom stereocenters. The number of fused-ring (bicyclic) bond motifs is 2. The van der Waals surface area contributed by atoms with Crippen molar-refractivity contribution in [2.24, 2.45) is 7.05 Å². The number of nitrogens with zero attached hydrogens (tertiary/aromatic N) is 5. The summed E-state index contributed by atoms with van der Waals surface area (Å²) >= 11 is 0. The van der Waals surface area contributed by atoms with E-state index in [0.717, 1.165) is 61.7 Å². The summed E-state index contributed by atoms with van der Waals surface area (Å²) in [6.45, 7) is 2.00. The number of nitrogens with one attached hydrogen (secondary N) is 2. The Bertz CT molecular complexity index is 1550. The van der Waals surface area contributed by atoms with Gasteiger partial charge in [-0.25, -0.2) is 4.98 Å². The van der Waals surface area contributed by atoms with Gasteiger partial charge in [0, 0.05) is 41.3 Å². The summed E-state index contributed by atoms with van der Waals surface area (Å²) < 4.78 is 2.09. The molecule has 0 amide bonds. The first-order valence-electron chi connectivity index (χ1n) is 10.1. The predicted molar refractivity (Wildman–Crippen MR) is 121 cm³/mol. The fourth-order valence-electron chi connectivity index (χ4n) is 4.04. The zero-order valence-electron chi connectivity index (χ0n) is 17.1. The van der Waals surface area contributed by atoms with Crippen LogP contribution in [0.1, 0.15) is 5.82 Å². The minimum Gasteiger partial charge on any atom is -0.353 e. The highest BCUT2D eigenvalue weighted by molar-refractivity contribution is 6.00. The van der Waals surface area contributed by atoms with Gasteiger partial charge in [0.2, 0.25) is 0 Å². The lowest BCUT2D eigenvalue weighted by atomic mass is 10.1. The number of H-pyrrole nitrogens is 2. The van der Waals surface area contributed by atoms with E-state index >= 15 is 0 Å². The fraction of sp³-hybridized carbons (Fsp3) is 0.0833. The summed E-state index contributed by atoms with van der Waals surface area (Å²) in [6.07, 6.45) is 5.49. The summed E-state index contributed by atoms with van der Waals surface area (Å²) in [6, 6.07) is 16.2. The van der Waals surface area contributed by atoms with Crippen molar-refractivity contribution < 1.29 is 0 Å². The number of imidazole rings is 1. The number of hydrogen-bond donors (Lipinski definition) is 2. The van der Waals surface area contributed by atoms with Gasteiger partial charge in [0.05, 0.1) is 34.5 Å². The first-order valence-corrected chi connectivity index (χ1v) is 10.1. The van der Waals surface area contributed by atoms with Gasteiger partial charge in [-0.15, -0.1) is 0 Å². The lowest BCUT2D eigenvalue weighted by Crippen LogP contribution is -1.94. The second-order valence-electron chi connectivity index (χ2n) is 7.60. The maximum atomic E-state index is 4.61. The van der Waals surface area contributed by atoms with Crippen LogP contribution in [0, 0.1) is 6.92 Å². The number of hydrogen-bond acceptors (Lipinski definition) is 4. The summed E-state index contributed by atoms with van der Waals surface area (Å²) in [5.41, 5.74) is 7.67. The molecule has 0 saturated heterocycles. The molecule has 0 aliphatic heterocycles. The third-order valence-electron chi connectivity index (χ3n) is 5.79. The summed E-state index contributed by atoms with van der Waals surface area (Å²) in [7, 11) is 2.03. The summed E-state index contributed by atoms with van der Waals surface area (Å²) in [4.78, 5) is 17.0. The summed E-state index contributed by atoms with van der Waals surface area (Å²) in [5.74, 6) is 0.979. The van der Waals surface area contributed by atoms with Crippen LogP contribution in [0.2, 0.25) is 0 Å². The van der Waals surface area contributed by atoms with Crippen LogP contribution < -0.4 is 0 Å². The van der Waals surface area contributed by atoms with E-state index in [1.165, 1.54) is 0 Å². The van der Waals surface area contributed by atoms with Crippen LogP contribution >= 0.6 is 0 Å². The van der Waals surface area contributed by atoms with Crippen molar-refractivity contribution in [1.82, 2.24) is 34.7 Å². The molecule has 0 spiro atoms. The Morgan fingerprint density at radius 2 is 1.74 bits per heavy atom. The Hall–Kier alpha value is -4.26. The van der Waals surface area contributed by atoms with E-state index < -0.39 is 0 Å². The van der Waals surface area contributed by atoms with Crippen molar-refractivity contribution in [1.29, 1.82) is 0 Å². The van der Waals surface area contributed by atoms with Gasteiger partial charge in [-0.1, -0.05) is 12.1 Å². The third kappa shape index (κ3) is 2.74. The predicted octanol–water partition coefficient (Wildman–Crippen LogP) is 4.88. The molecule has 6 rings (SSSR count). The highest BCUT2D eigenvalue weighted by Gasteiger charge is 2.16. The molecular formula is C24H19N7. The first kappa shape index (κ1) is 17.6. The lowest BCUT2D eigenvalue weighted by molar-refractivity contribution is 0.865. The van der Waals surface area contributed by atoms with Crippen molar-refractivity contribution in [3.8, 4) is 34.0 Å². The number of rotatable bonds is 3. The molecule has 1 aromatic carbocycles. The highest BCUT2D eigenvalue weighted by Crippen LogP contribution is 2.34. The molecule has 6 aromatic rings. The molecule has 5 heterocycles. The SMILES string of the molecule is Cc1ncc(-c2ccc3[nH]nc(-c4cc5c(-c6ccccn6)nccc5[nH]4)c3c2)n1C. The Morgan fingerprint density at radius 1 is 0.839 bits per heavy atom.